The van der Waals surface area contributed by atoms with Gasteiger partial charge in [0.05, 0.1) is 7.11 Å². The SMILES string of the molecule is COc1ccccc1C1CCN(S(=O)(=O)c2ccccc2OC(F)(F)F)C1. The summed E-state index contributed by atoms with van der Waals surface area (Å²) in [7, 11) is -2.60. The average molecular weight is 401 g/mol. The Morgan fingerprint density at radius 3 is 2.33 bits per heavy atom. The summed E-state index contributed by atoms with van der Waals surface area (Å²) in [6, 6.07) is 12.1. The molecule has 1 fully saturated rings. The molecule has 1 aliphatic heterocycles. The Balaban J connectivity index is 1.87. The van der Waals surface area contributed by atoms with Gasteiger partial charge in [-0.1, -0.05) is 30.3 Å². The third-order valence-electron chi connectivity index (χ3n) is 4.42. The number of alkyl halides is 3. The van der Waals surface area contributed by atoms with E-state index in [-0.39, 0.29) is 19.0 Å². The molecule has 0 radical (unpaired) electrons. The van der Waals surface area contributed by atoms with Crippen molar-refractivity contribution in [1.82, 2.24) is 4.31 Å². The number of hydrogen-bond acceptors (Lipinski definition) is 4. The lowest BCUT2D eigenvalue weighted by Crippen LogP contribution is -2.30. The van der Waals surface area contributed by atoms with Crippen LogP contribution in [0.15, 0.2) is 53.4 Å². The summed E-state index contributed by atoms with van der Waals surface area (Å²) in [5, 5.41) is 0. The van der Waals surface area contributed by atoms with Gasteiger partial charge < -0.3 is 9.47 Å². The van der Waals surface area contributed by atoms with Gasteiger partial charge in [0.1, 0.15) is 16.4 Å². The van der Waals surface area contributed by atoms with Crippen LogP contribution >= 0.6 is 0 Å². The number of nitrogens with zero attached hydrogens (tertiary/aromatic N) is 1. The number of benzene rings is 2. The second-order valence-electron chi connectivity index (χ2n) is 6.09. The first kappa shape index (κ1) is 19.5. The molecule has 1 heterocycles. The molecule has 2 aromatic rings. The van der Waals surface area contributed by atoms with Crippen LogP contribution in [0, 0.1) is 0 Å². The fraction of sp³-hybridized carbons (Fsp3) is 0.333. The van der Waals surface area contributed by atoms with Crippen molar-refractivity contribution in [3.05, 3.63) is 54.1 Å². The standard InChI is InChI=1S/C18H18F3NO4S/c1-25-15-7-3-2-6-14(15)13-10-11-22(12-13)27(23,24)17-9-5-4-8-16(17)26-18(19,20)21/h2-9,13H,10-12H2,1H3. The zero-order valence-electron chi connectivity index (χ0n) is 14.4. The zero-order chi connectivity index (χ0) is 19.7. The van der Waals surface area contributed by atoms with Gasteiger partial charge in [-0.05, 0) is 30.2 Å². The van der Waals surface area contributed by atoms with Gasteiger partial charge in [-0.2, -0.15) is 4.31 Å². The van der Waals surface area contributed by atoms with Crippen LogP contribution in [0.3, 0.4) is 0 Å². The zero-order valence-corrected chi connectivity index (χ0v) is 15.3. The highest BCUT2D eigenvalue weighted by Gasteiger charge is 2.38. The predicted molar refractivity (Wildman–Crippen MR) is 92.2 cm³/mol. The van der Waals surface area contributed by atoms with E-state index in [1.54, 1.807) is 6.07 Å². The fourth-order valence-corrected chi connectivity index (χ4v) is 4.83. The van der Waals surface area contributed by atoms with Crippen molar-refractivity contribution >= 4 is 10.0 Å². The number of methoxy groups -OCH3 is 1. The molecule has 0 aromatic heterocycles. The van der Waals surface area contributed by atoms with Crippen molar-refractivity contribution in [2.45, 2.75) is 23.6 Å². The molecule has 0 N–H and O–H groups in total. The molecule has 0 spiro atoms. The average Bonchev–Trinajstić information content (AvgIpc) is 3.11. The summed E-state index contributed by atoms with van der Waals surface area (Å²) < 4.78 is 74.1. The topological polar surface area (TPSA) is 55.8 Å². The van der Waals surface area contributed by atoms with Crippen LogP contribution in [0.2, 0.25) is 0 Å². The summed E-state index contributed by atoms with van der Waals surface area (Å²) in [5.41, 5.74) is 0.873. The van der Waals surface area contributed by atoms with Crippen LogP contribution in [-0.2, 0) is 10.0 Å². The van der Waals surface area contributed by atoms with Crippen molar-refractivity contribution in [3.63, 3.8) is 0 Å². The Morgan fingerprint density at radius 2 is 1.67 bits per heavy atom. The molecule has 1 atom stereocenters. The van der Waals surface area contributed by atoms with Gasteiger partial charge in [0.15, 0.2) is 0 Å². The Hall–Kier alpha value is -2.26. The number of halogens is 3. The number of para-hydroxylation sites is 2. The van der Waals surface area contributed by atoms with E-state index < -0.39 is 27.0 Å². The molecule has 146 valence electrons. The third-order valence-corrected chi connectivity index (χ3v) is 6.33. The van der Waals surface area contributed by atoms with E-state index in [1.165, 1.54) is 23.5 Å². The van der Waals surface area contributed by atoms with Crippen molar-refractivity contribution in [2.75, 3.05) is 20.2 Å². The van der Waals surface area contributed by atoms with Crippen molar-refractivity contribution < 1.29 is 31.1 Å². The normalized spacial score (nSPS) is 18.4. The van der Waals surface area contributed by atoms with Crippen LogP contribution in [0.5, 0.6) is 11.5 Å². The molecule has 1 unspecified atom stereocenters. The fourth-order valence-electron chi connectivity index (χ4n) is 3.22. The van der Waals surface area contributed by atoms with E-state index in [4.69, 9.17) is 4.74 Å². The lowest BCUT2D eigenvalue weighted by Gasteiger charge is -2.20. The minimum atomic E-state index is -4.98. The molecular weight excluding hydrogens is 383 g/mol. The smallest absolute Gasteiger partial charge is 0.496 e. The maximum Gasteiger partial charge on any atom is 0.573 e. The monoisotopic (exact) mass is 401 g/mol. The highest BCUT2D eigenvalue weighted by atomic mass is 32.2. The second-order valence-corrected chi connectivity index (χ2v) is 7.99. The Morgan fingerprint density at radius 1 is 1.04 bits per heavy atom. The molecule has 1 aliphatic rings. The Bertz CT molecular complexity index is 915. The lowest BCUT2D eigenvalue weighted by molar-refractivity contribution is -0.275. The first-order valence-electron chi connectivity index (χ1n) is 8.20. The molecule has 0 saturated carbocycles. The van der Waals surface area contributed by atoms with Gasteiger partial charge in [-0.25, -0.2) is 8.42 Å². The largest absolute Gasteiger partial charge is 0.573 e. The van der Waals surface area contributed by atoms with E-state index >= 15 is 0 Å². The first-order valence-corrected chi connectivity index (χ1v) is 9.64. The van der Waals surface area contributed by atoms with E-state index in [0.717, 1.165) is 17.7 Å². The van der Waals surface area contributed by atoms with Crippen LogP contribution in [0.25, 0.3) is 0 Å². The first-order chi connectivity index (χ1) is 12.7. The summed E-state index contributed by atoms with van der Waals surface area (Å²) in [6.45, 7) is 0.356. The minimum absolute atomic E-state index is 0.105. The molecule has 0 amide bonds. The van der Waals surface area contributed by atoms with Crippen molar-refractivity contribution in [3.8, 4) is 11.5 Å². The molecular formula is C18H18F3NO4S. The molecule has 2 aromatic carbocycles. The van der Waals surface area contributed by atoms with Crippen LogP contribution < -0.4 is 9.47 Å². The van der Waals surface area contributed by atoms with E-state index in [2.05, 4.69) is 4.74 Å². The molecule has 0 bridgehead atoms. The highest BCUT2D eigenvalue weighted by molar-refractivity contribution is 7.89. The van der Waals surface area contributed by atoms with Crippen LogP contribution in [-0.4, -0.2) is 39.3 Å². The van der Waals surface area contributed by atoms with Gasteiger partial charge >= 0.3 is 6.36 Å². The van der Waals surface area contributed by atoms with Gasteiger partial charge in [0, 0.05) is 19.0 Å². The van der Waals surface area contributed by atoms with Crippen molar-refractivity contribution in [1.29, 1.82) is 0 Å². The summed E-state index contributed by atoms with van der Waals surface area (Å²) in [5.74, 6) is -0.181. The van der Waals surface area contributed by atoms with Crippen LogP contribution in [0.1, 0.15) is 17.9 Å². The Labute approximate surface area is 155 Å². The summed E-state index contributed by atoms with van der Waals surface area (Å²) in [6.07, 6.45) is -4.43. The molecule has 9 heteroatoms. The molecule has 0 aliphatic carbocycles. The summed E-state index contributed by atoms with van der Waals surface area (Å²) >= 11 is 0. The quantitative estimate of drug-likeness (QED) is 0.765. The highest BCUT2D eigenvalue weighted by Crippen LogP contribution is 2.38. The maximum absolute atomic E-state index is 12.9. The number of rotatable bonds is 5. The van der Waals surface area contributed by atoms with Crippen LogP contribution in [0.4, 0.5) is 13.2 Å². The van der Waals surface area contributed by atoms with E-state index in [9.17, 15) is 21.6 Å². The van der Waals surface area contributed by atoms with Gasteiger partial charge in [0.25, 0.3) is 0 Å². The number of sulfonamides is 1. The van der Waals surface area contributed by atoms with Gasteiger partial charge in [-0.15, -0.1) is 13.2 Å². The predicted octanol–water partition coefficient (Wildman–Crippen LogP) is 3.77. The minimum Gasteiger partial charge on any atom is -0.496 e. The third kappa shape index (κ3) is 4.19. The van der Waals surface area contributed by atoms with Gasteiger partial charge in [-0.3, -0.25) is 0 Å². The van der Waals surface area contributed by atoms with E-state index in [1.807, 2.05) is 18.2 Å². The van der Waals surface area contributed by atoms with E-state index in [0.29, 0.717) is 12.2 Å². The summed E-state index contributed by atoms with van der Waals surface area (Å²) in [4.78, 5) is -0.497. The molecule has 27 heavy (non-hydrogen) atoms. The second kappa shape index (κ2) is 7.40. The lowest BCUT2D eigenvalue weighted by atomic mass is 9.97. The van der Waals surface area contributed by atoms with Gasteiger partial charge in [0.2, 0.25) is 10.0 Å². The maximum atomic E-state index is 12.9. The molecule has 3 rings (SSSR count). The molecule has 1 saturated heterocycles. The molecule has 5 nitrogen and oxygen atoms in total. The van der Waals surface area contributed by atoms with Crippen molar-refractivity contribution in [2.24, 2.45) is 0 Å². The Kier molecular flexibility index (Phi) is 5.34. The number of ether oxygens (including phenoxy) is 2. The number of hydrogen-bond donors (Lipinski definition) is 0.